The Morgan fingerprint density at radius 3 is 2.50 bits per heavy atom. The number of aliphatic imine (C=N–C) groups is 1. The zero-order valence-corrected chi connectivity index (χ0v) is 14.6. The smallest absolute Gasteiger partial charge is 0.208 e. The van der Waals surface area contributed by atoms with Crippen molar-refractivity contribution in [3.8, 4) is 0 Å². The molecule has 1 saturated carbocycles. The minimum absolute atomic E-state index is 0.00155. The summed E-state index contributed by atoms with van der Waals surface area (Å²) in [5.41, 5.74) is 6.12. The van der Waals surface area contributed by atoms with Gasteiger partial charge in [-0.15, -0.1) is 0 Å². The first-order valence-corrected chi connectivity index (χ1v) is 10.3. The minimum atomic E-state index is -3.16. The van der Waals surface area contributed by atoms with E-state index in [2.05, 4.69) is 21.5 Å². The van der Waals surface area contributed by atoms with Crippen LogP contribution in [0.4, 0.5) is 0 Å². The fourth-order valence-electron chi connectivity index (χ4n) is 3.40. The van der Waals surface area contributed by atoms with Crippen LogP contribution < -0.4 is 10.5 Å². The molecule has 0 aromatic rings. The molecule has 22 heavy (non-hydrogen) atoms. The second kappa shape index (κ2) is 7.64. The Bertz CT molecular complexity index is 484. The van der Waals surface area contributed by atoms with Gasteiger partial charge in [0.2, 0.25) is 10.0 Å². The summed E-state index contributed by atoms with van der Waals surface area (Å²) in [6.07, 6.45) is 7.69. The van der Waals surface area contributed by atoms with Gasteiger partial charge in [-0.25, -0.2) is 13.1 Å². The molecule has 1 aliphatic carbocycles. The molecule has 0 aromatic heterocycles. The number of hydrogen-bond donors (Lipinski definition) is 2. The van der Waals surface area contributed by atoms with Crippen LogP contribution in [0.2, 0.25) is 0 Å². The molecule has 1 aliphatic heterocycles. The second-order valence-electron chi connectivity index (χ2n) is 6.91. The zero-order chi connectivity index (χ0) is 16.2. The molecular formula is C15H30N4O2S. The van der Waals surface area contributed by atoms with E-state index in [0.29, 0.717) is 12.5 Å². The molecule has 3 N–H and O–H groups in total. The number of nitrogens with two attached hydrogens (primary N) is 1. The van der Waals surface area contributed by atoms with Crippen molar-refractivity contribution in [2.24, 2.45) is 22.6 Å². The van der Waals surface area contributed by atoms with Gasteiger partial charge in [-0.3, -0.25) is 4.99 Å². The standard InChI is InChI=1S/C15H30N4O2S/c1-12-7-9-19(10-8-12)15(16)17-11-13-5-3-4-6-14(13)18-22(2,20)21/h12-14,18H,3-11H2,1-2H3,(H2,16,17). The third-order valence-electron chi connectivity index (χ3n) is 4.87. The van der Waals surface area contributed by atoms with E-state index < -0.39 is 10.0 Å². The molecule has 6 nitrogen and oxygen atoms in total. The fourth-order valence-corrected chi connectivity index (χ4v) is 4.27. The molecule has 2 unspecified atom stereocenters. The Morgan fingerprint density at radius 1 is 1.23 bits per heavy atom. The lowest BCUT2D eigenvalue weighted by Gasteiger charge is -2.33. The Balaban J connectivity index is 1.91. The maximum absolute atomic E-state index is 11.5. The molecule has 1 heterocycles. The molecule has 2 rings (SSSR count). The number of rotatable bonds is 4. The van der Waals surface area contributed by atoms with Gasteiger partial charge in [-0.05, 0) is 37.5 Å². The van der Waals surface area contributed by atoms with E-state index >= 15 is 0 Å². The lowest BCUT2D eigenvalue weighted by molar-refractivity contribution is 0.273. The van der Waals surface area contributed by atoms with Crippen molar-refractivity contribution in [2.45, 2.75) is 51.5 Å². The summed E-state index contributed by atoms with van der Waals surface area (Å²) in [7, 11) is -3.16. The van der Waals surface area contributed by atoms with E-state index in [-0.39, 0.29) is 12.0 Å². The third kappa shape index (κ3) is 5.43. The van der Waals surface area contributed by atoms with Crippen molar-refractivity contribution in [1.82, 2.24) is 9.62 Å². The quantitative estimate of drug-likeness (QED) is 0.598. The van der Waals surface area contributed by atoms with Crippen molar-refractivity contribution in [3.05, 3.63) is 0 Å². The molecule has 2 fully saturated rings. The summed E-state index contributed by atoms with van der Waals surface area (Å²) < 4.78 is 25.7. The van der Waals surface area contributed by atoms with Crippen LogP contribution in [0.15, 0.2) is 4.99 Å². The third-order valence-corrected chi connectivity index (χ3v) is 5.60. The Kier molecular flexibility index (Phi) is 6.09. The maximum atomic E-state index is 11.5. The van der Waals surface area contributed by atoms with E-state index in [1.807, 2.05) is 0 Å². The van der Waals surface area contributed by atoms with Gasteiger partial charge in [0.25, 0.3) is 0 Å². The highest BCUT2D eigenvalue weighted by Gasteiger charge is 2.27. The van der Waals surface area contributed by atoms with Gasteiger partial charge in [-0.1, -0.05) is 19.8 Å². The number of piperidine rings is 1. The van der Waals surface area contributed by atoms with E-state index in [4.69, 9.17) is 5.73 Å². The van der Waals surface area contributed by atoms with Gasteiger partial charge in [0, 0.05) is 25.7 Å². The molecule has 0 spiro atoms. The molecule has 2 aliphatic rings. The van der Waals surface area contributed by atoms with E-state index in [1.54, 1.807) is 0 Å². The summed E-state index contributed by atoms with van der Waals surface area (Å²) in [5, 5.41) is 0. The lowest BCUT2D eigenvalue weighted by atomic mass is 9.85. The summed E-state index contributed by atoms with van der Waals surface area (Å²) in [6, 6.07) is 0.00155. The van der Waals surface area contributed by atoms with Crippen LogP contribution in [0.5, 0.6) is 0 Å². The summed E-state index contributed by atoms with van der Waals surface area (Å²) >= 11 is 0. The number of hydrogen-bond acceptors (Lipinski definition) is 3. The van der Waals surface area contributed by atoms with Crippen LogP contribution in [0.3, 0.4) is 0 Å². The van der Waals surface area contributed by atoms with Crippen LogP contribution >= 0.6 is 0 Å². The second-order valence-corrected chi connectivity index (χ2v) is 8.69. The van der Waals surface area contributed by atoms with Crippen LogP contribution in [-0.2, 0) is 10.0 Å². The molecule has 2 atom stereocenters. The molecule has 0 bridgehead atoms. The first-order chi connectivity index (χ1) is 10.3. The van der Waals surface area contributed by atoms with E-state index in [9.17, 15) is 8.42 Å². The Morgan fingerprint density at radius 2 is 1.86 bits per heavy atom. The molecule has 0 amide bonds. The Hall–Kier alpha value is -0.820. The van der Waals surface area contributed by atoms with Gasteiger partial charge < -0.3 is 10.6 Å². The lowest BCUT2D eigenvalue weighted by Crippen LogP contribution is -2.45. The van der Waals surface area contributed by atoms with Gasteiger partial charge >= 0.3 is 0 Å². The highest BCUT2D eigenvalue weighted by atomic mass is 32.2. The van der Waals surface area contributed by atoms with E-state index in [0.717, 1.165) is 57.5 Å². The summed E-state index contributed by atoms with van der Waals surface area (Å²) in [4.78, 5) is 6.72. The normalized spacial score (nSPS) is 28.8. The predicted molar refractivity (Wildman–Crippen MR) is 90.2 cm³/mol. The van der Waals surface area contributed by atoms with Crippen molar-refractivity contribution < 1.29 is 8.42 Å². The molecule has 0 radical (unpaired) electrons. The van der Waals surface area contributed by atoms with Gasteiger partial charge in [0.15, 0.2) is 5.96 Å². The number of likely N-dealkylation sites (tertiary alicyclic amines) is 1. The average Bonchev–Trinajstić information content (AvgIpc) is 2.45. The largest absolute Gasteiger partial charge is 0.370 e. The van der Waals surface area contributed by atoms with Crippen LogP contribution in [0.25, 0.3) is 0 Å². The van der Waals surface area contributed by atoms with Gasteiger partial charge in [0.05, 0.1) is 6.26 Å². The number of sulfonamides is 1. The first kappa shape index (κ1) is 17.5. The monoisotopic (exact) mass is 330 g/mol. The predicted octanol–water partition coefficient (Wildman–Crippen LogP) is 1.14. The number of nitrogens with zero attached hydrogens (tertiary/aromatic N) is 2. The van der Waals surface area contributed by atoms with Crippen molar-refractivity contribution >= 4 is 16.0 Å². The molecule has 128 valence electrons. The highest BCUT2D eigenvalue weighted by molar-refractivity contribution is 7.88. The fraction of sp³-hybridized carbons (Fsp3) is 0.933. The van der Waals surface area contributed by atoms with Crippen molar-refractivity contribution in [2.75, 3.05) is 25.9 Å². The van der Waals surface area contributed by atoms with Crippen LogP contribution in [0.1, 0.15) is 45.4 Å². The molecule has 0 aromatic carbocycles. The van der Waals surface area contributed by atoms with Crippen LogP contribution in [-0.4, -0.2) is 51.2 Å². The molecule has 1 saturated heterocycles. The van der Waals surface area contributed by atoms with Crippen molar-refractivity contribution in [1.29, 1.82) is 0 Å². The van der Waals surface area contributed by atoms with Crippen LogP contribution in [0, 0.1) is 11.8 Å². The molecule has 7 heteroatoms. The first-order valence-electron chi connectivity index (χ1n) is 8.37. The van der Waals surface area contributed by atoms with Crippen molar-refractivity contribution in [3.63, 3.8) is 0 Å². The molecular weight excluding hydrogens is 300 g/mol. The van der Waals surface area contributed by atoms with Gasteiger partial charge in [-0.2, -0.15) is 0 Å². The number of guanidine groups is 1. The maximum Gasteiger partial charge on any atom is 0.208 e. The number of nitrogens with one attached hydrogen (secondary N) is 1. The minimum Gasteiger partial charge on any atom is -0.370 e. The zero-order valence-electron chi connectivity index (χ0n) is 13.8. The van der Waals surface area contributed by atoms with Gasteiger partial charge in [0.1, 0.15) is 0 Å². The highest BCUT2D eigenvalue weighted by Crippen LogP contribution is 2.25. The Labute approximate surface area is 134 Å². The topological polar surface area (TPSA) is 87.8 Å². The SMILES string of the molecule is CC1CCN(C(N)=NCC2CCCCC2NS(C)(=O)=O)CC1. The summed E-state index contributed by atoms with van der Waals surface area (Å²) in [5.74, 6) is 1.65. The summed E-state index contributed by atoms with van der Waals surface area (Å²) in [6.45, 7) is 4.84. The van der Waals surface area contributed by atoms with E-state index in [1.165, 1.54) is 6.26 Å². The average molecular weight is 330 g/mol.